The molecule has 0 saturated heterocycles. The lowest BCUT2D eigenvalue weighted by molar-refractivity contribution is -0.274. The van der Waals surface area contributed by atoms with E-state index in [9.17, 15) is 22.0 Å². The lowest BCUT2D eigenvalue weighted by atomic mass is 10.3. The highest BCUT2D eigenvalue weighted by atomic mass is 19.4. The number of hydrogen-bond donors (Lipinski definition) is 0. The molecule has 0 heterocycles. The fraction of sp³-hybridized carbons (Fsp3) is 0.143. The molecule has 0 aliphatic carbocycles. The molecule has 0 aliphatic heterocycles. The fourth-order valence-corrected chi connectivity index (χ4v) is 0.626. The van der Waals surface area contributed by atoms with Gasteiger partial charge in [0.15, 0.2) is 11.6 Å². The van der Waals surface area contributed by atoms with Crippen molar-refractivity contribution >= 4 is 0 Å². The first-order valence-corrected chi connectivity index (χ1v) is 3.01. The van der Waals surface area contributed by atoms with E-state index in [-0.39, 0.29) is 0 Å². The Labute approximate surface area is 69.7 Å². The third-order valence-corrected chi connectivity index (χ3v) is 1.05. The maximum absolute atomic E-state index is 12.3. The zero-order valence-corrected chi connectivity index (χ0v) is 5.95. The molecule has 0 amide bonds. The van der Waals surface area contributed by atoms with Gasteiger partial charge in [0.25, 0.3) is 0 Å². The van der Waals surface area contributed by atoms with Crippen LogP contribution in [0.15, 0.2) is 12.1 Å². The van der Waals surface area contributed by atoms with Gasteiger partial charge in [0.2, 0.25) is 0 Å². The Kier molecular flexibility index (Phi) is 2.40. The summed E-state index contributed by atoms with van der Waals surface area (Å²) in [5.41, 5.74) is 0. The minimum atomic E-state index is -4.92. The first-order valence-electron chi connectivity index (χ1n) is 3.01. The zero-order valence-electron chi connectivity index (χ0n) is 5.95. The van der Waals surface area contributed by atoms with Crippen LogP contribution in [0.5, 0.6) is 5.75 Å². The van der Waals surface area contributed by atoms with E-state index in [1.165, 1.54) is 0 Å². The molecule has 1 rings (SSSR count). The van der Waals surface area contributed by atoms with E-state index >= 15 is 0 Å². The molecule has 0 aromatic heterocycles. The molecular formula is C7H2F5O. The maximum Gasteiger partial charge on any atom is 0.573 e. The molecule has 1 aromatic carbocycles. The Morgan fingerprint density at radius 1 is 1.23 bits per heavy atom. The molecule has 0 fully saturated rings. The first-order chi connectivity index (χ1) is 5.88. The van der Waals surface area contributed by atoms with Gasteiger partial charge < -0.3 is 4.74 Å². The van der Waals surface area contributed by atoms with Crippen LogP contribution >= 0.6 is 0 Å². The van der Waals surface area contributed by atoms with Gasteiger partial charge in [-0.2, -0.15) is 0 Å². The Bertz CT molecular complexity index is 306. The van der Waals surface area contributed by atoms with Crippen molar-refractivity contribution in [3.05, 3.63) is 29.8 Å². The third kappa shape index (κ3) is 2.89. The molecule has 6 heteroatoms. The predicted octanol–water partition coefficient (Wildman–Crippen LogP) is 2.66. The lowest BCUT2D eigenvalue weighted by Crippen LogP contribution is -2.17. The molecule has 1 radical (unpaired) electrons. The second kappa shape index (κ2) is 3.20. The Morgan fingerprint density at radius 2 is 1.85 bits per heavy atom. The van der Waals surface area contributed by atoms with E-state index in [4.69, 9.17) is 0 Å². The van der Waals surface area contributed by atoms with Crippen LogP contribution in [0, 0.1) is 17.7 Å². The molecule has 0 N–H and O–H groups in total. The van der Waals surface area contributed by atoms with Gasteiger partial charge in [-0.1, -0.05) is 0 Å². The summed E-state index contributed by atoms with van der Waals surface area (Å²) in [4.78, 5) is 0. The molecular weight excluding hydrogens is 195 g/mol. The van der Waals surface area contributed by atoms with Crippen LogP contribution in [0.1, 0.15) is 0 Å². The highest BCUT2D eigenvalue weighted by molar-refractivity contribution is 5.22. The van der Waals surface area contributed by atoms with Crippen LogP contribution in [0.4, 0.5) is 22.0 Å². The molecule has 0 aliphatic rings. The Morgan fingerprint density at radius 3 is 2.31 bits per heavy atom. The predicted molar refractivity (Wildman–Crippen MR) is 31.9 cm³/mol. The smallest absolute Gasteiger partial charge is 0.406 e. The molecule has 1 nitrogen and oxygen atoms in total. The lowest BCUT2D eigenvalue weighted by Gasteiger charge is -2.07. The highest BCUT2D eigenvalue weighted by Gasteiger charge is 2.31. The quantitative estimate of drug-likeness (QED) is 0.629. The summed E-state index contributed by atoms with van der Waals surface area (Å²) >= 11 is 0. The van der Waals surface area contributed by atoms with E-state index in [1.807, 2.05) is 0 Å². The summed E-state index contributed by atoms with van der Waals surface area (Å²) in [5.74, 6) is -3.64. The standard InChI is InChI=1S/C7H2F5O/c8-5-2-1-4(3-6(5)9)13-7(10,11)12/h1,3H. The average Bonchev–Trinajstić information content (AvgIpc) is 1.94. The van der Waals surface area contributed by atoms with Crippen molar-refractivity contribution in [2.75, 3.05) is 0 Å². The monoisotopic (exact) mass is 197 g/mol. The third-order valence-electron chi connectivity index (χ3n) is 1.05. The minimum absolute atomic E-state index is 0.291. The molecule has 0 unspecified atom stereocenters. The molecule has 0 saturated carbocycles. The molecule has 0 atom stereocenters. The van der Waals surface area contributed by atoms with Gasteiger partial charge in [0, 0.05) is 12.1 Å². The minimum Gasteiger partial charge on any atom is -0.406 e. The van der Waals surface area contributed by atoms with Crippen molar-refractivity contribution in [3.8, 4) is 5.75 Å². The first kappa shape index (κ1) is 9.76. The second-order valence-electron chi connectivity index (χ2n) is 2.05. The van der Waals surface area contributed by atoms with E-state index in [0.717, 1.165) is 0 Å². The number of benzene rings is 1. The second-order valence-corrected chi connectivity index (χ2v) is 2.05. The van der Waals surface area contributed by atoms with E-state index in [2.05, 4.69) is 4.74 Å². The Balaban J connectivity index is 2.86. The molecule has 1 aromatic rings. The van der Waals surface area contributed by atoms with E-state index in [1.54, 1.807) is 6.07 Å². The Hall–Kier alpha value is -1.33. The molecule has 0 spiro atoms. The maximum atomic E-state index is 12.3. The molecule has 13 heavy (non-hydrogen) atoms. The SMILES string of the molecule is Fc1[c]cc(OC(F)(F)F)cc1F. The van der Waals surface area contributed by atoms with Crippen molar-refractivity contribution in [1.82, 2.24) is 0 Å². The zero-order chi connectivity index (χ0) is 10.1. The average molecular weight is 197 g/mol. The highest BCUT2D eigenvalue weighted by Crippen LogP contribution is 2.23. The van der Waals surface area contributed by atoms with Gasteiger partial charge in [0.05, 0.1) is 0 Å². The van der Waals surface area contributed by atoms with Crippen molar-refractivity contribution in [2.45, 2.75) is 6.36 Å². The van der Waals surface area contributed by atoms with Gasteiger partial charge in [-0.25, -0.2) is 8.78 Å². The van der Waals surface area contributed by atoms with Crippen LogP contribution in [0.2, 0.25) is 0 Å². The van der Waals surface area contributed by atoms with Crippen LogP contribution in [0.25, 0.3) is 0 Å². The van der Waals surface area contributed by atoms with Gasteiger partial charge in [0.1, 0.15) is 5.75 Å². The number of ether oxygens (including phenoxy) is 1. The number of hydrogen-bond acceptors (Lipinski definition) is 1. The van der Waals surface area contributed by atoms with Gasteiger partial charge in [-0.05, 0) is 6.07 Å². The topological polar surface area (TPSA) is 9.23 Å². The van der Waals surface area contributed by atoms with Gasteiger partial charge >= 0.3 is 6.36 Å². The number of rotatable bonds is 1. The summed E-state index contributed by atoms with van der Waals surface area (Å²) in [7, 11) is 0. The summed E-state index contributed by atoms with van der Waals surface area (Å²) in [6.45, 7) is 0. The van der Waals surface area contributed by atoms with Crippen LogP contribution in [0.3, 0.4) is 0 Å². The van der Waals surface area contributed by atoms with E-state index in [0.29, 0.717) is 12.1 Å². The summed E-state index contributed by atoms with van der Waals surface area (Å²) < 4.78 is 62.3. The van der Waals surface area contributed by atoms with Crippen LogP contribution in [-0.4, -0.2) is 6.36 Å². The van der Waals surface area contributed by atoms with Gasteiger partial charge in [-0.15, -0.1) is 13.2 Å². The number of alkyl halides is 3. The molecule has 0 bridgehead atoms. The van der Waals surface area contributed by atoms with Crippen LogP contribution < -0.4 is 4.74 Å². The van der Waals surface area contributed by atoms with Crippen molar-refractivity contribution in [3.63, 3.8) is 0 Å². The largest absolute Gasteiger partial charge is 0.573 e. The normalized spacial score (nSPS) is 11.5. The summed E-state index contributed by atoms with van der Waals surface area (Å²) in [6, 6.07) is 2.48. The summed E-state index contributed by atoms with van der Waals surface area (Å²) in [6.07, 6.45) is -4.92. The number of halogens is 5. The fourth-order valence-electron chi connectivity index (χ4n) is 0.626. The van der Waals surface area contributed by atoms with Crippen molar-refractivity contribution in [1.29, 1.82) is 0 Å². The summed E-state index contributed by atoms with van der Waals surface area (Å²) in [5, 5.41) is 0. The molecule has 71 valence electrons. The van der Waals surface area contributed by atoms with Gasteiger partial charge in [-0.3, -0.25) is 0 Å². The van der Waals surface area contributed by atoms with Crippen molar-refractivity contribution < 1.29 is 26.7 Å². The van der Waals surface area contributed by atoms with E-state index < -0.39 is 23.7 Å². The van der Waals surface area contributed by atoms with Crippen LogP contribution in [-0.2, 0) is 0 Å². The van der Waals surface area contributed by atoms with Crippen molar-refractivity contribution in [2.24, 2.45) is 0 Å².